The zero-order valence-electron chi connectivity index (χ0n) is 12.4. The van der Waals surface area contributed by atoms with Gasteiger partial charge in [-0.05, 0) is 33.4 Å². The van der Waals surface area contributed by atoms with Crippen molar-refractivity contribution in [3.63, 3.8) is 0 Å². The molecule has 20 heavy (non-hydrogen) atoms. The van der Waals surface area contributed by atoms with Crippen LogP contribution in [0.2, 0.25) is 0 Å². The van der Waals surface area contributed by atoms with Crippen molar-refractivity contribution in [1.29, 1.82) is 0 Å². The molecule has 0 aliphatic heterocycles. The summed E-state index contributed by atoms with van der Waals surface area (Å²) < 4.78 is 1.93. The van der Waals surface area contributed by atoms with Gasteiger partial charge in [0.1, 0.15) is 5.82 Å². The third-order valence-electron chi connectivity index (χ3n) is 4.50. The summed E-state index contributed by atoms with van der Waals surface area (Å²) in [7, 11) is 6.38. The Morgan fingerprint density at radius 3 is 2.70 bits per heavy atom. The molecular weight excluding hydrogens is 252 g/mol. The molecule has 0 bridgehead atoms. The number of hydrogen-bond acceptors (Lipinski definition) is 5. The lowest BCUT2D eigenvalue weighted by Crippen LogP contribution is -2.56. The molecule has 3 rings (SSSR count). The van der Waals surface area contributed by atoms with Crippen LogP contribution >= 0.6 is 0 Å². The van der Waals surface area contributed by atoms with E-state index in [0.29, 0.717) is 5.82 Å². The van der Waals surface area contributed by atoms with Crippen molar-refractivity contribution in [2.45, 2.75) is 24.8 Å². The molecule has 0 aromatic carbocycles. The first-order valence-electron chi connectivity index (χ1n) is 7.00. The number of rotatable bonds is 4. The van der Waals surface area contributed by atoms with Crippen LogP contribution in [0.15, 0.2) is 18.6 Å². The summed E-state index contributed by atoms with van der Waals surface area (Å²) in [5.74, 6) is 1.37. The first kappa shape index (κ1) is 13.2. The van der Waals surface area contributed by atoms with E-state index in [1.54, 1.807) is 12.4 Å². The van der Waals surface area contributed by atoms with Crippen LogP contribution in [-0.2, 0) is 0 Å². The van der Waals surface area contributed by atoms with Gasteiger partial charge in [0, 0.05) is 31.5 Å². The average Bonchev–Trinajstić information content (AvgIpc) is 2.79. The Balaban J connectivity index is 1.92. The van der Waals surface area contributed by atoms with Gasteiger partial charge in [0.2, 0.25) is 0 Å². The zero-order chi connectivity index (χ0) is 14.3. The fraction of sp³-hybridized carbons (Fsp3) is 0.571. The number of likely N-dealkylation sites (N-methyl/N-ethyl adjacent to an activating group) is 2. The molecule has 0 amide bonds. The number of anilines is 2. The number of aromatic nitrogens is 3. The normalized spacial score (nSPS) is 17.4. The van der Waals surface area contributed by atoms with Gasteiger partial charge in [0.05, 0.1) is 6.20 Å². The second-order valence-corrected chi connectivity index (χ2v) is 5.98. The first-order valence-corrected chi connectivity index (χ1v) is 7.00. The van der Waals surface area contributed by atoms with Gasteiger partial charge in [-0.2, -0.15) is 0 Å². The molecule has 0 saturated heterocycles. The third-order valence-corrected chi connectivity index (χ3v) is 4.50. The Morgan fingerprint density at radius 2 is 2.10 bits per heavy atom. The van der Waals surface area contributed by atoms with Crippen molar-refractivity contribution in [2.24, 2.45) is 0 Å². The summed E-state index contributed by atoms with van der Waals surface area (Å²) in [5.41, 5.74) is 7.01. The van der Waals surface area contributed by atoms with Crippen LogP contribution in [0.5, 0.6) is 0 Å². The van der Waals surface area contributed by atoms with Gasteiger partial charge in [-0.3, -0.25) is 0 Å². The average molecular weight is 274 g/mol. The van der Waals surface area contributed by atoms with E-state index in [0.717, 1.165) is 18.0 Å². The molecule has 6 heteroatoms. The summed E-state index contributed by atoms with van der Waals surface area (Å²) in [4.78, 5) is 13.4. The molecule has 0 radical (unpaired) electrons. The van der Waals surface area contributed by atoms with Gasteiger partial charge in [0.25, 0.3) is 0 Å². The predicted molar refractivity (Wildman–Crippen MR) is 80.9 cm³/mol. The smallest absolute Gasteiger partial charge is 0.180 e. The number of hydrogen-bond donors (Lipinski definition) is 1. The van der Waals surface area contributed by atoms with Crippen molar-refractivity contribution in [2.75, 3.05) is 38.3 Å². The Bertz CT molecular complexity index is 613. The molecule has 0 spiro atoms. The molecule has 108 valence electrons. The van der Waals surface area contributed by atoms with Crippen molar-refractivity contribution in [1.82, 2.24) is 19.3 Å². The Morgan fingerprint density at radius 1 is 1.35 bits per heavy atom. The zero-order valence-corrected chi connectivity index (χ0v) is 12.4. The van der Waals surface area contributed by atoms with Crippen molar-refractivity contribution in [3.05, 3.63) is 18.6 Å². The maximum absolute atomic E-state index is 5.89. The van der Waals surface area contributed by atoms with E-state index in [4.69, 9.17) is 5.73 Å². The second-order valence-electron chi connectivity index (χ2n) is 5.98. The van der Waals surface area contributed by atoms with Gasteiger partial charge in [-0.1, -0.05) is 0 Å². The molecule has 2 heterocycles. The number of nitrogen functional groups attached to an aromatic ring is 1. The highest BCUT2D eigenvalue weighted by Gasteiger charge is 2.40. The van der Waals surface area contributed by atoms with E-state index in [2.05, 4.69) is 40.9 Å². The van der Waals surface area contributed by atoms with Gasteiger partial charge in [-0.25, -0.2) is 9.97 Å². The van der Waals surface area contributed by atoms with Gasteiger partial charge >= 0.3 is 0 Å². The second kappa shape index (κ2) is 4.63. The van der Waals surface area contributed by atoms with Crippen LogP contribution in [0, 0.1) is 0 Å². The van der Waals surface area contributed by atoms with Crippen LogP contribution in [0.3, 0.4) is 0 Å². The predicted octanol–water partition coefficient (Wildman–Crippen LogP) is 1.23. The van der Waals surface area contributed by atoms with Crippen molar-refractivity contribution in [3.8, 4) is 0 Å². The molecule has 2 aromatic rings. The highest BCUT2D eigenvalue weighted by molar-refractivity contribution is 5.66. The van der Waals surface area contributed by atoms with E-state index >= 15 is 0 Å². The summed E-state index contributed by atoms with van der Waals surface area (Å²) in [6, 6.07) is 0. The largest absolute Gasteiger partial charge is 0.382 e. The van der Waals surface area contributed by atoms with Gasteiger partial charge in [0.15, 0.2) is 11.5 Å². The SMILES string of the molecule is CN(CC1(N(C)C)CCC1)c1nc(N)cn2ccnc12. The van der Waals surface area contributed by atoms with E-state index in [9.17, 15) is 0 Å². The molecule has 2 aromatic heterocycles. The standard InChI is InChI=1S/C14H22N6/c1-18(2)14(5-4-6-14)10-19(3)13-12-16-7-8-20(12)9-11(15)17-13/h7-9H,4-6,10,15H2,1-3H3. The van der Waals surface area contributed by atoms with Crippen LogP contribution in [-0.4, -0.2) is 52.5 Å². The Hall–Kier alpha value is -1.82. The minimum atomic E-state index is 0.255. The van der Waals surface area contributed by atoms with E-state index < -0.39 is 0 Å². The molecule has 6 nitrogen and oxygen atoms in total. The fourth-order valence-electron chi connectivity index (χ4n) is 3.04. The monoisotopic (exact) mass is 274 g/mol. The quantitative estimate of drug-likeness (QED) is 0.908. The molecule has 0 unspecified atom stereocenters. The minimum absolute atomic E-state index is 0.255. The van der Waals surface area contributed by atoms with Crippen LogP contribution in [0.25, 0.3) is 5.65 Å². The molecule has 2 N–H and O–H groups in total. The lowest BCUT2D eigenvalue weighted by atomic mass is 9.75. The van der Waals surface area contributed by atoms with E-state index in [1.165, 1.54) is 19.3 Å². The van der Waals surface area contributed by atoms with Crippen molar-refractivity contribution < 1.29 is 0 Å². The minimum Gasteiger partial charge on any atom is -0.382 e. The summed E-state index contributed by atoms with van der Waals surface area (Å²) >= 11 is 0. The number of nitrogens with zero attached hydrogens (tertiary/aromatic N) is 5. The number of fused-ring (bicyclic) bond motifs is 1. The molecular formula is C14H22N6. The lowest BCUT2D eigenvalue weighted by molar-refractivity contribution is 0.0682. The molecule has 1 saturated carbocycles. The molecule has 1 aliphatic carbocycles. The van der Waals surface area contributed by atoms with Crippen LogP contribution < -0.4 is 10.6 Å². The first-order chi connectivity index (χ1) is 9.52. The Kier molecular flexibility index (Phi) is 3.05. The molecule has 1 fully saturated rings. The van der Waals surface area contributed by atoms with E-state index in [-0.39, 0.29) is 5.54 Å². The maximum atomic E-state index is 5.89. The molecule has 1 aliphatic rings. The number of imidazole rings is 1. The lowest BCUT2D eigenvalue weighted by Gasteiger charge is -2.49. The highest BCUT2D eigenvalue weighted by Crippen LogP contribution is 2.37. The number of nitrogens with two attached hydrogens (primary N) is 1. The fourth-order valence-corrected chi connectivity index (χ4v) is 3.04. The van der Waals surface area contributed by atoms with E-state index in [1.807, 2.05) is 10.6 Å². The third kappa shape index (κ3) is 2.00. The Labute approximate surface area is 119 Å². The topological polar surface area (TPSA) is 62.7 Å². The highest BCUT2D eigenvalue weighted by atomic mass is 15.3. The van der Waals surface area contributed by atoms with Crippen LogP contribution in [0.1, 0.15) is 19.3 Å². The maximum Gasteiger partial charge on any atom is 0.180 e. The van der Waals surface area contributed by atoms with Crippen molar-refractivity contribution >= 4 is 17.3 Å². The summed E-state index contributed by atoms with van der Waals surface area (Å²) in [6.07, 6.45) is 9.24. The summed E-state index contributed by atoms with van der Waals surface area (Å²) in [6.45, 7) is 0.943. The summed E-state index contributed by atoms with van der Waals surface area (Å²) in [5, 5.41) is 0. The van der Waals surface area contributed by atoms with Gasteiger partial charge in [-0.15, -0.1) is 0 Å². The van der Waals surface area contributed by atoms with Crippen LogP contribution in [0.4, 0.5) is 11.6 Å². The molecule has 0 atom stereocenters. The van der Waals surface area contributed by atoms with Gasteiger partial charge < -0.3 is 19.9 Å².